The van der Waals surface area contributed by atoms with Crippen molar-refractivity contribution in [1.29, 1.82) is 0 Å². The number of esters is 1. The molecule has 0 saturated carbocycles. The quantitative estimate of drug-likeness (QED) is 0.0327. The Labute approximate surface area is 335 Å². The summed E-state index contributed by atoms with van der Waals surface area (Å²) in [6.45, 7) is 10.6. The average Bonchev–Trinajstić information content (AvgIpc) is 3.47. The summed E-state index contributed by atoms with van der Waals surface area (Å²) in [6, 6.07) is 9.80. The highest BCUT2D eigenvalue weighted by molar-refractivity contribution is 7.48. The van der Waals surface area contributed by atoms with Crippen LogP contribution in [0.4, 0.5) is 32.6 Å². The second-order valence-corrected chi connectivity index (χ2v) is 16.3. The molecule has 0 spiro atoms. The number of hydrogen-bond donors (Lipinski definition) is 2. The fourth-order valence-electron chi connectivity index (χ4n) is 4.96. The fourth-order valence-corrected chi connectivity index (χ4v) is 6.75. The Morgan fingerprint density at radius 1 is 0.864 bits per heavy atom. The molecule has 0 radical (unpaired) electrons. The van der Waals surface area contributed by atoms with E-state index in [1.54, 1.807) is 48.5 Å². The summed E-state index contributed by atoms with van der Waals surface area (Å²) in [5.41, 5.74) is -3.07. The predicted molar refractivity (Wildman–Crippen MR) is 204 cm³/mol. The topological polar surface area (TPSA) is 178 Å². The van der Waals surface area contributed by atoms with E-state index < -0.39 is 78.7 Å². The molecule has 2 N–H and O–H groups in total. The van der Waals surface area contributed by atoms with Gasteiger partial charge in [0.1, 0.15) is 0 Å². The molecule has 1 unspecified atom stereocenters. The van der Waals surface area contributed by atoms with Gasteiger partial charge in [-0.2, -0.15) is 17.9 Å². The second kappa shape index (κ2) is 18.8. The van der Waals surface area contributed by atoms with E-state index in [2.05, 4.69) is 20.7 Å². The molecule has 1 amide bonds. The van der Waals surface area contributed by atoms with Crippen LogP contribution in [-0.2, 0) is 45.1 Å². The number of ether oxygens (including phenoxy) is 3. The van der Waals surface area contributed by atoms with Gasteiger partial charge in [0.2, 0.25) is 12.8 Å². The molecule has 59 heavy (non-hydrogen) atoms. The van der Waals surface area contributed by atoms with Crippen LogP contribution in [0.25, 0.3) is 10.9 Å². The lowest BCUT2D eigenvalue weighted by Gasteiger charge is -2.30. The number of methoxy groups -OCH3 is 1. The van der Waals surface area contributed by atoms with Gasteiger partial charge in [0.05, 0.1) is 47.1 Å². The van der Waals surface area contributed by atoms with Crippen LogP contribution in [0.5, 0.6) is 0 Å². The van der Waals surface area contributed by atoms with Gasteiger partial charge < -0.3 is 19.5 Å². The molecule has 1 heterocycles. The third-order valence-corrected chi connectivity index (χ3v) is 9.30. The Morgan fingerprint density at radius 2 is 1.49 bits per heavy atom. The Kier molecular flexibility index (Phi) is 14.8. The highest BCUT2D eigenvalue weighted by atomic mass is 31.2. The maximum atomic E-state index is 13.9. The maximum Gasteiger partial charge on any atom is 0.476 e. The Balaban J connectivity index is 1.51. The monoisotopic (exact) mass is 855 g/mol. The van der Waals surface area contributed by atoms with Gasteiger partial charge in [-0.15, -0.1) is 5.10 Å². The van der Waals surface area contributed by atoms with Crippen LogP contribution < -0.4 is 10.6 Å². The SMILES string of the molecule is COCC(C)N=C(NC(=O)c1ccc(F)c(F)c1)Nc1nn(C(=O)OCOC(=O)c2ccc(COP(=O)(OC(C)(C)C)OC(C)(C)C)cc2)c2cc(C(F)(F)F)ccc12. The first-order valence-corrected chi connectivity index (χ1v) is 19.1. The number of anilines is 1. The van der Waals surface area contributed by atoms with Crippen LogP contribution in [-0.4, -0.2) is 71.5 Å². The number of halogens is 5. The molecule has 1 aromatic heterocycles. The smallest absolute Gasteiger partial charge is 0.424 e. The molecule has 1 atom stereocenters. The van der Waals surface area contributed by atoms with Gasteiger partial charge in [-0.3, -0.25) is 23.7 Å². The summed E-state index contributed by atoms with van der Waals surface area (Å²) in [5, 5.41) is 9.01. The number of alkyl halides is 3. The molecule has 320 valence electrons. The van der Waals surface area contributed by atoms with Crippen LogP contribution >= 0.6 is 7.82 Å². The molecule has 15 nitrogen and oxygen atoms in total. The zero-order valence-corrected chi connectivity index (χ0v) is 34.1. The van der Waals surface area contributed by atoms with Crippen molar-refractivity contribution in [3.8, 4) is 0 Å². The average molecular weight is 856 g/mol. The van der Waals surface area contributed by atoms with Gasteiger partial charge in [-0.05, 0) is 103 Å². The number of guanidine groups is 1. The molecule has 3 aromatic carbocycles. The molecule has 0 aliphatic rings. The van der Waals surface area contributed by atoms with E-state index in [1.165, 1.54) is 31.4 Å². The first kappa shape index (κ1) is 46.4. The number of amides is 1. The molecule has 4 rings (SSSR count). The molecule has 0 saturated heterocycles. The lowest BCUT2D eigenvalue weighted by Crippen LogP contribution is -2.37. The van der Waals surface area contributed by atoms with Crippen LogP contribution in [0.1, 0.15) is 80.3 Å². The van der Waals surface area contributed by atoms with Crippen molar-refractivity contribution in [3.63, 3.8) is 0 Å². The van der Waals surface area contributed by atoms with Gasteiger partial charge >= 0.3 is 26.1 Å². The van der Waals surface area contributed by atoms with E-state index in [0.717, 1.165) is 24.3 Å². The van der Waals surface area contributed by atoms with Gasteiger partial charge in [-0.25, -0.2) is 27.9 Å². The number of aliphatic imine (C=N–C) groups is 1. The van der Waals surface area contributed by atoms with E-state index >= 15 is 0 Å². The number of rotatable bonds is 13. The largest absolute Gasteiger partial charge is 0.476 e. The van der Waals surface area contributed by atoms with Crippen LogP contribution in [0.2, 0.25) is 0 Å². The van der Waals surface area contributed by atoms with Gasteiger partial charge in [0.25, 0.3) is 5.91 Å². The Bertz CT molecular complexity index is 2220. The number of benzene rings is 3. The number of carbonyl (C=O) groups excluding carboxylic acids is 3. The number of hydrogen-bond acceptors (Lipinski definition) is 12. The zero-order chi connectivity index (χ0) is 43.9. The molecule has 0 fully saturated rings. The van der Waals surface area contributed by atoms with Crippen LogP contribution in [0.15, 0.2) is 65.7 Å². The summed E-state index contributed by atoms with van der Waals surface area (Å²) < 4.78 is 114. The number of nitrogens with one attached hydrogen (secondary N) is 2. The minimum Gasteiger partial charge on any atom is -0.424 e. The standard InChI is InChI=1S/C38H43F5N5O10P/c1-22(19-53-8)44-34(46-32(49)25-13-16-28(39)29(40)17-25)45-31-27-15-14-26(38(41,42)43)18-30(27)48(47-31)35(51)55-21-54-33(50)24-11-9-23(10-12-24)20-56-59(52,57-36(2,3)4)58-37(5,6)7/h9-18,22H,19-21H2,1-8H3,(H2,44,45,46,47,49). The molecular weight excluding hydrogens is 812 g/mol. The van der Waals surface area contributed by atoms with Crippen molar-refractivity contribution < 1.29 is 68.7 Å². The third-order valence-electron chi connectivity index (χ3n) is 7.31. The third kappa shape index (κ3) is 13.6. The normalized spacial score (nSPS) is 13.3. The molecular formula is C38H43F5N5O10P. The Hall–Kier alpha value is -5.27. The number of aromatic nitrogens is 2. The van der Waals surface area contributed by atoms with E-state index in [9.17, 15) is 40.9 Å². The van der Waals surface area contributed by atoms with E-state index in [1.807, 2.05) is 0 Å². The lowest BCUT2D eigenvalue weighted by atomic mass is 10.1. The van der Waals surface area contributed by atoms with Crippen molar-refractivity contribution in [1.82, 2.24) is 15.1 Å². The fraction of sp³-hybridized carbons (Fsp3) is 0.395. The lowest BCUT2D eigenvalue weighted by molar-refractivity contribution is -0.137. The minimum absolute atomic E-state index is 0.00986. The van der Waals surface area contributed by atoms with Crippen molar-refractivity contribution >= 4 is 48.5 Å². The van der Waals surface area contributed by atoms with Gasteiger partial charge in [-0.1, -0.05) is 12.1 Å². The summed E-state index contributed by atoms with van der Waals surface area (Å²) in [5.74, 6) is -5.02. The van der Waals surface area contributed by atoms with Crippen molar-refractivity contribution in [2.24, 2.45) is 4.99 Å². The molecule has 4 aromatic rings. The van der Waals surface area contributed by atoms with Crippen LogP contribution in [0.3, 0.4) is 0 Å². The van der Waals surface area contributed by atoms with Crippen molar-refractivity contribution in [2.75, 3.05) is 25.8 Å². The number of phosphoric acid groups is 1. The molecule has 21 heteroatoms. The van der Waals surface area contributed by atoms with Crippen LogP contribution in [0, 0.1) is 11.6 Å². The van der Waals surface area contributed by atoms with E-state index in [4.69, 9.17) is 27.8 Å². The first-order valence-electron chi connectivity index (χ1n) is 17.7. The van der Waals surface area contributed by atoms with Gasteiger partial charge in [0, 0.05) is 18.1 Å². The van der Waals surface area contributed by atoms with E-state index in [-0.39, 0.29) is 41.5 Å². The summed E-state index contributed by atoms with van der Waals surface area (Å²) in [4.78, 5) is 43.3. The number of carbonyl (C=O) groups is 3. The number of fused-ring (bicyclic) bond motifs is 1. The molecule has 0 bridgehead atoms. The highest BCUT2D eigenvalue weighted by Crippen LogP contribution is 2.56. The zero-order valence-electron chi connectivity index (χ0n) is 33.2. The summed E-state index contributed by atoms with van der Waals surface area (Å²) in [7, 11) is -2.64. The van der Waals surface area contributed by atoms with Gasteiger partial charge in [0.15, 0.2) is 17.5 Å². The summed E-state index contributed by atoms with van der Waals surface area (Å²) >= 11 is 0. The molecule has 0 aliphatic heterocycles. The number of phosphoric ester groups is 1. The first-order chi connectivity index (χ1) is 27.4. The molecule has 0 aliphatic carbocycles. The Morgan fingerprint density at radius 3 is 2.07 bits per heavy atom. The van der Waals surface area contributed by atoms with Crippen molar-refractivity contribution in [2.45, 2.75) is 78.5 Å². The van der Waals surface area contributed by atoms with E-state index in [0.29, 0.717) is 22.4 Å². The minimum atomic E-state index is -4.83. The second-order valence-electron chi connectivity index (χ2n) is 14.8. The predicted octanol–water partition coefficient (Wildman–Crippen LogP) is 8.62. The maximum absolute atomic E-state index is 13.9. The highest BCUT2D eigenvalue weighted by Gasteiger charge is 2.37. The van der Waals surface area contributed by atoms with Crippen molar-refractivity contribution in [3.05, 3.63) is 94.6 Å². The summed E-state index contributed by atoms with van der Waals surface area (Å²) in [6.07, 6.45) is -6.20. The number of nitrogens with zero attached hydrogens (tertiary/aromatic N) is 3.